The molecular formula is C27H28FN9O5S. The van der Waals surface area contributed by atoms with Gasteiger partial charge in [0, 0.05) is 50.4 Å². The molecule has 0 unspecified atom stereocenters. The van der Waals surface area contributed by atoms with Crippen LogP contribution in [0.2, 0.25) is 0 Å². The number of rotatable bonds is 10. The summed E-state index contributed by atoms with van der Waals surface area (Å²) in [7, 11) is 1.69. The van der Waals surface area contributed by atoms with Crippen molar-refractivity contribution < 1.29 is 27.0 Å². The molecule has 1 aromatic carbocycles. The van der Waals surface area contributed by atoms with E-state index in [1.807, 2.05) is 10.9 Å². The highest BCUT2D eigenvalue weighted by molar-refractivity contribution is 7.87. The summed E-state index contributed by atoms with van der Waals surface area (Å²) in [6, 6.07) is 6.41. The van der Waals surface area contributed by atoms with Crippen molar-refractivity contribution in [3.05, 3.63) is 66.9 Å². The van der Waals surface area contributed by atoms with E-state index < -0.39 is 16.0 Å². The first-order valence-corrected chi connectivity index (χ1v) is 14.5. The Balaban J connectivity index is 1.47. The van der Waals surface area contributed by atoms with Crippen molar-refractivity contribution in [1.82, 2.24) is 38.0 Å². The molecule has 0 radical (unpaired) electrons. The van der Waals surface area contributed by atoms with E-state index in [4.69, 9.17) is 24.2 Å². The van der Waals surface area contributed by atoms with Crippen LogP contribution in [0.5, 0.6) is 11.5 Å². The second-order valence-corrected chi connectivity index (χ2v) is 11.9. The maximum Gasteiger partial charge on any atom is 0.308 e. The van der Waals surface area contributed by atoms with Gasteiger partial charge in [-0.25, -0.2) is 23.3 Å². The van der Waals surface area contributed by atoms with E-state index in [2.05, 4.69) is 15.1 Å². The number of fused-ring (bicyclic) bond motifs is 1. The molecule has 1 aliphatic heterocycles. The Kier molecular flexibility index (Phi) is 7.41. The number of halogens is 1. The van der Waals surface area contributed by atoms with Gasteiger partial charge in [-0.1, -0.05) is 0 Å². The second kappa shape index (κ2) is 11.2. The third-order valence-corrected chi connectivity index (χ3v) is 8.74. The van der Waals surface area contributed by atoms with Gasteiger partial charge in [-0.2, -0.15) is 17.8 Å². The minimum atomic E-state index is -3.92. The van der Waals surface area contributed by atoms with Crippen LogP contribution < -0.4 is 14.4 Å². The Labute approximate surface area is 246 Å². The Bertz CT molecular complexity index is 1910. The summed E-state index contributed by atoms with van der Waals surface area (Å²) >= 11 is 0. The Morgan fingerprint density at radius 2 is 1.91 bits per heavy atom. The Morgan fingerprint density at radius 3 is 2.60 bits per heavy atom. The van der Waals surface area contributed by atoms with Crippen LogP contribution in [0.1, 0.15) is 11.9 Å². The van der Waals surface area contributed by atoms with Crippen LogP contribution in [0.25, 0.3) is 22.4 Å². The summed E-state index contributed by atoms with van der Waals surface area (Å²) in [5, 5.41) is 4.42. The first-order valence-electron chi connectivity index (χ1n) is 13.1. The van der Waals surface area contributed by atoms with Gasteiger partial charge in [0.05, 0.1) is 63.8 Å². The van der Waals surface area contributed by atoms with E-state index in [-0.39, 0.29) is 35.7 Å². The average molecular weight is 610 g/mol. The molecule has 16 heteroatoms. The number of imidazole rings is 1. The number of benzene rings is 1. The van der Waals surface area contributed by atoms with Gasteiger partial charge in [-0.05, 0) is 12.1 Å². The molecule has 1 saturated heterocycles. The molecule has 6 rings (SSSR count). The molecule has 4 aromatic heterocycles. The molecule has 1 fully saturated rings. The summed E-state index contributed by atoms with van der Waals surface area (Å²) in [6.45, 7) is 1.02. The van der Waals surface area contributed by atoms with Gasteiger partial charge in [-0.15, -0.1) is 0 Å². The van der Waals surface area contributed by atoms with Gasteiger partial charge >= 0.3 is 10.2 Å². The monoisotopic (exact) mass is 609 g/mol. The maximum atomic E-state index is 15.9. The van der Waals surface area contributed by atoms with Crippen molar-refractivity contribution >= 4 is 32.9 Å². The van der Waals surface area contributed by atoms with E-state index >= 15 is 4.39 Å². The summed E-state index contributed by atoms with van der Waals surface area (Å²) in [5.41, 5.74) is 2.13. The van der Waals surface area contributed by atoms with Crippen LogP contribution in [0, 0.1) is 5.82 Å². The molecule has 0 atom stereocenters. The first kappa shape index (κ1) is 28.4. The van der Waals surface area contributed by atoms with E-state index in [9.17, 15) is 8.42 Å². The van der Waals surface area contributed by atoms with Gasteiger partial charge in [-0.3, -0.25) is 9.67 Å². The Hall–Kier alpha value is -4.67. The SMILES string of the molecule is COc1cc(OC)c(F)c(N(Cc2nccn2S(=O)(=O)N(C)C)c2ccc3ncc(-c4cnn(C5COC5)c4)nc3n2)c1. The number of hydrogen-bond donors (Lipinski definition) is 0. The number of nitrogens with zero attached hydrogens (tertiary/aromatic N) is 9. The van der Waals surface area contributed by atoms with Crippen molar-refractivity contribution in [1.29, 1.82) is 0 Å². The van der Waals surface area contributed by atoms with Crippen molar-refractivity contribution in [2.24, 2.45) is 0 Å². The number of hydrogen-bond acceptors (Lipinski definition) is 11. The van der Waals surface area contributed by atoms with E-state index in [1.165, 1.54) is 57.7 Å². The number of ether oxygens (including phenoxy) is 3. The zero-order valence-electron chi connectivity index (χ0n) is 23.7. The fourth-order valence-corrected chi connectivity index (χ4v) is 5.43. The molecule has 0 amide bonds. The first-order chi connectivity index (χ1) is 20.7. The average Bonchev–Trinajstić information content (AvgIpc) is 3.65. The minimum absolute atomic E-state index is 0.0213. The second-order valence-electron chi connectivity index (χ2n) is 9.85. The van der Waals surface area contributed by atoms with E-state index in [1.54, 1.807) is 24.5 Å². The normalized spacial score (nSPS) is 13.8. The molecular weight excluding hydrogens is 581 g/mol. The molecule has 0 N–H and O–H groups in total. The van der Waals surface area contributed by atoms with Crippen LogP contribution in [-0.4, -0.2) is 87.9 Å². The highest BCUT2D eigenvalue weighted by atomic mass is 32.2. The summed E-state index contributed by atoms with van der Waals surface area (Å²) in [5.74, 6) is -0.0816. The lowest BCUT2D eigenvalue weighted by Gasteiger charge is -2.26. The maximum absolute atomic E-state index is 15.9. The summed E-state index contributed by atoms with van der Waals surface area (Å²) in [6.07, 6.45) is 7.90. The van der Waals surface area contributed by atoms with Gasteiger partial charge in [0.2, 0.25) is 0 Å². The lowest BCUT2D eigenvalue weighted by Crippen LogP contribution is -2.31. The molecule has 5 heterocycles. The molecule has 224 valence electrons. The number of pyridine rings is 1. The third-order valence-electron chi connectivity index (χ3n) is 6.99. The fraction of sp³-hybridized carbons (Fsp3) is 0.296. The third kappa shape index (κ3) is 5.24. The predicted octanol–water partition coefficient (Wildman–Crippen LogP) is 2.81. The van der Waals surface area contributed by atoms with E-state index in [0.29, 0.717) is 35.8 Å². The zero-order chi connectivity index (χ0) is 30.3. The van der Waals surface area contributed by atoms with Crippen LogP contribution in [0.15, 0.2) is 55.2 Å². The number of aromatic nitrogens is 7. The molecule has 0 spiro atoms. The standard InChI is InChI=1S/C27H28FN9O5S/c1-34(2)43(38,39)37-8-7-29-25(37)14-35(22-9-19(40-3)10-23(41-4)26(22)28)24-6-5-20-27(33-24)32-21(12-30-20)17-11-31-36(13-17)18-15-42-16-18/h5-13,18H,14-16H2,1-4H3. The lowest BCUT2D eigenvalue weighted by molar-refractivity contribution is -0.0286. The molecule has 0 bridgehead atoms. The lowest BCUT2D eigenvalue weighted by atomic mass is 10.2. The molecule has 0 aliphatic carbocycles. The van der Waals surface area contributed by atoms with Crippen LogP contribution in [-0.2, 0) is 21.5 Å². The van der Waals surface area contributed by atoms with Crippen molar-refractivity contribution in [3.63, 3.8) is 0 Å². The zero-order valence-corrected chi connectivity index (χ0v) is 24.6. The van der Waals surface area contributed by atoms with Gasteiger partial charge in [0.1, 0.15) is 22.9 Å². The largest absolute Gasteiger partial charge is 0.497 e. The predicted molar refractivity (Wildman–Crippen MR) is 154 cm³/mol. The van der Waals surface area contributed by atoms with Gasteiger partial charge in [0.15, 0.2) is 17.2 Å². The van der Waals surface area contributed by atoms with Crippen molar-refractivity contribution in [2.45, 2.75) is 12.6 Å². The Morgan fingerprint density at radius 1 is 1.09 bits per heavy atom. The van der Waals surface area contributed by atoms with E-state index in [0.717, 1.165) is 13.8 Å². The number of methoxy groups -OCH3 is 2. The fourth-order valence-electron chi connectivity index (χ4n) is 4.49. The molecule has 0 saturated carbocycles. The molecule has 1 aliphatic rings. The summed E-state index contributed by atoms with van der Waals surface area (Å²) < 4.78 is 61.7. The van der Waals surface area contributed by atoms with Crippen LogP contribution >= 0.6 is 0 Å². The molecule has 14 nitrogen and oxygen atoms in total. The smallest absolute Gasteiger partial charge is 0.308 e. The highest BCUT2D eigenvalue weighted by Crippen LogP contribution is 2.37. The quantitative estimate of drug-likeness (QED) is 0.231. The summed E-state index contributed by atoms with van der Waals surface area (Å²) in [4.78, 5) is 19.7. The highest BCUT2D eigenvalue weighted by Gasteiger charge is 2.26. The van der Waals surface area contributed by atoms with Gasteiger partial charge in [0.25, 0.3) is 0 Å². The van der Waals surface area contributed by atoms with Crippen LogP contribution in [0.3, 0.4) is 0 Å². The van der Waals surface area contributed by atoms with Crippen LogP contribution in [0.4, 0.5) is 15.9 Å². The topological polar surface area (TPSA) is 143 Å². The van der Waals surface area contributed by atoms with Crippen molar-refractivity contribution in [2.75, 3.05) is 46.4 Å². The van der Waals surface area contributed by atoms with Crippen molar-refractivity contribution in [3.8, 4) is 22.8 Å². The molecule has 43 heavy (non-hydrogen) atoms. The molecule has 5 aromatic rings. The van der Waals surface area contributed by atoms with Gasteiger partial charge < -0.3 is 19.1 Å². The minimum Gasteiger partial charge on any atom is -0.497 e. The number of anilines is 2.